The van der Waals surface area contributed by atoms with E-state index in [2.05, 4.69) is 24.0 Å². The molecule has 2 rings (SSSR count). The third-order valence-corrected chi connectivity index (χ3v) is 3.41. The first kappa shape index (κ1) is 9.19. The molecule has 0 radical (unpaired) electrons. The number of β-amino-alcohol motifs (C(OH)–C–C–N with tert-alkyl or cyclic N) is 1. The Morgan fingerprint density at radius 2 is 2.46 bits per heavy atom. The van der Waals surface area contributed by atoms with Crippen LogP contribution in [-0.4, -0.2) is 29.2 Å². The largest absolute Gasteiger partial charge is 0.392 e. The first-order chi connectivity index (χ1) is 6.24. The lowest BCUT2D eigenvalue weighted by molar-refractivity contribution is 0.175. The lowest BCUT2D eigenvalue weighted by Crippen LogP contribution is -2.20. The third kappa shape index (κ3) is 2.30. The number of aliphatic hydroxyl groups is 1. The van der Waals surface area contributed by atoms with Gasteiger partial charge in [-0.1, -0.05) is 0 Å². The van der Waals surface area contributed by atoms with Crippen LogP contribution in [0.4, 0.5) is 0 Å². The molecule has 2 nitrogen and oxygen atoms in total. The number of likely N-dealkylation sites (tertiary alicyclic amines) is 1. The van der Waals surface area contributed by atoms with Gasteiger partial charge in [0.15, 0.2) is 0 Å². The Balaban J connectivity index is 1.91. The maximum Gasteiger partial charge on any atom is 0.0679 e. The normalized spacial score (nSPS) is 24.0. The minimum absolute atomic E-state index is 0.0962. The summed E-state index contributed by atoms with van der Waals surface area (Å²) in [6.07, 6.45) is 0.839. The van der Waals surface area contributed by atoms with Gasteiger partial charge in [-0.15, -0.1) is 11.3 Å². The summed E-state index contributed by atoms with van der Waals surface area (Å²) in [6.45, 7) is 5.03. The first-order valence-corrected chi connectivity index (χ1v) is 5.51. The van der Waals surface area contributed by atoms with Gasteiger partial charge in [-0.3, -0.25) is 4.90 Å². The van der Waals surface area contributed by atoms with Crippen LogP contribution in [0.5, 0.6) is 0 Å². The summed E-state index contributed by atoms with van der Waals surface area (Å²) in [5.41, 5.74) is 0. The summed E-state index contributed by atoms with van der Waals surface area (Å²) in [5.74, 6) is 0. The van der Waals surface area contributed by atoms with Gasteiger partial charge in [-0.25, -0.2) is 0 Å². The molecule has 3 heteroatoms. The lowest BCUT2D eigenvalue weighted by Gasteiger charge is -2.12. The first-order valence-electron chi connectivity index (χ1n) is 4.70. The summed E-state index contributed by atoms with van der Waals surface area (Å²) in [4.78, 5) is 5.09. The molecule has 0 aliphatic carbocycles. The molecule has 1 saturated heterocycles. The smallest absolute Gasteiger partial charge is 0.0679 e. The van der Waals surface area contributed by atoms with Gasteiger partial charge in [-0.05, 0) is 25.5 Å². The highest BCUT2D eigenvalue weighted by Gasteiger charge is 2.20. The van der Waals surface area contributed by atoms with Crippen molar-refractivity contribution in [2.45, 2.75) is 26.0 Å². The fourth-order valence-corrected chi connectivity index (χ4v) is 2.68. The number of aryl methyl sites for hydroxylation is 1. The van der Waals surface area contributed by atoms with Crippen LogP contribution in [0.15, 0.2) is 12.1 Å². The third-order valence-electron chi connectivity index (χ3n) is 2.42. The maximum atomic E-state index is 9.34. The van der Waals surface area contributed by atoms with E-state index in [1.807, 2.05) is 11.3 Å². The van der Waals surface area contributed by atoms with Crippen LogP contribution in [0.1, 0.15) is 16.2 Å². The van der Waals surface area contributed by atoms with E-state index in [1.165, 1.54) is 9.75 Å². The molecule has 72 valence electrons. The van der Waals surface area contributed by atoms with Crippen molar-refractivity contribution >= 4 is 11.3 Å². The van der Waals surface area contributed by atoms with Gasteiger partial charge in [0.05, 0.1) is 6.10 Å². The van der Waals surface area contributed by atoms with E-state index in [4.69, 9.17) is 0 Å². The van der Waals surface area contributed by atoms with Crippen molar-refractivity contribution in [2.24, 2.45) is 0 Å². The predicted molar refractivity (Wildman–Crippen MR) is 55.0 cm³/mol. The van der Waals surface area contributed by atoms with Gasteiger partial charge in [0.1, 0.15) is 0 Å². The number of hydrogen-bond donors (Lipinski definition) is 1. The molecule has 1 aromatic rings. The molecule has 1 aliphatic heterocycles. The van der Waals surface area contributed by atoms with Crippen LogP contribution in [0.3, 0.4) is 0 Å². The zero-order valence-corrected chi connectivity index (χ0v) is 8.68. The zero-order valence-electron chi connectivity index (χ0n) is 7.86. The Morgan fingerprint density at radius 3 is 3.00 bits per heavy atom. The summed E-state index contributed by atoms with van der Waals surface area (Å²) < 4.78 is 0. The second kappa shape index (κ2) is 3.78. The van der Waals surface area contributed by atoms with Gasteiger partial charge in [0.2, 0.25) is 0 Å². The second-order valence-corrected chi connectivity index (χ2v) is 5.06. The highest BCUT2D eigenvalue weighted by Crippen LogP contribution is 2.19. The van der Waals surface area contributed by atoms with Crippen molar-refractivity contribution in [1.29, 1.82) is 0 Å². The highest BCUT2D eigenvalue weighted by molar-refractivity contribution is 7.11. The summed E-state index contributed by atoms with van der Waals surface area (Å²) >= 11 is 1.85. The van der Waals surface area contributed by atoms with Crippen molar-refractivity contribution < 1.29 is 5.11 Å². The molecule has 0 spiro atoms. The topological polar surface area (TPSA) is 23.5 Å². The van der Waals surface area contributed by atoms with Crippen LogP contribution in [0, 0.1) is 6.92 Å². The SMILES string of the molecule is Cc1ccc(CN2CC[C@H](O)C2)s1. The Kier molecular flexibility index (Phi) is 2.67. The van der Waals surface area contributed by atoms with Crippen LogP contribution >= 0.6 is 11.3 Å². The molecule has 1 N–H and O–H groups in total. The van der Waals surface area contributed by atoms with E-state index in [1.54, 1.807) is 0 Å². The van der Waals surface area contributed by atoms with E-state index < -0.39 is 0 Å². The number of aliphatic hydroxyl groups excluding tert-OH is 1. The van der Waals surface area contributed by atoms with E-state index in [-0.39, 0.29) is 6.10 Å². The molecule has 0 unspecified atom stereocenters. The van der Waals surface area contributed by atoms with Gasteiger partial charge >= 0.3 is 0 Å². The minimum Gasteiger partial charge on any atom is -0.392 e. The van der Waals surface area contributed by atoms with Crippen molar-refractivity contribution in [2.75, 3.05) is 13.1 Å². The van der Waals surface area contributed by atoms with Gasteiger partial charge in [-0.2, -0.15) is 0 Å². The molecule has 1 fully saturated rings. The Morgan fingerprint density at radius 1 is 1.62 bits per heavy atom. The van der Waals surface area contributed by atoms with E-state index >= 15 is 0 Å². The summed E-state index contributed by atoms with van der Waals surface area (Å²) in [7, 11) is 0. The zero-order chi connectivity index (χ0) is 9.26. The van der Waals surface area contributed by atoms with Crippen LogP contribution in [0.25, 0.3) is 0 Å². The number of rotatable bonds is 2. The Bertz CT molecular complexity index is 284. The van der Waals surface area contributed by atoms with Gasteiger partial charge < -0.3 is 5.11 Å². The van der Waals surface area contributed by atoms with Crippen molar-refractivity contribution in [1.82, 2.24) is 4.90 Å². The number of nitrogens with zero attached hydrogens (tertiary/aromatic N) is 1. The molecule has 0 bridgehead atoms. The summed E-state index contributed by atoms with van der Waals surface area (Å²) in [5, 5.41) is 9.34. The van der Waals surface area contributed by atoms with Crippen LogP contribution < -0.4 is 0 Å². The molecule has 0 aromatic carbocycles. The average molecular weight is 197 g/mol. The average Bonchev–Trinajstić information content (AvgIpc) is 2.62. The van der Waals surface area contributed by atoms with E-state index in [9.17, 15) is 5.11 Å². The molecule has 0 saturated carbocycles. The number of hydrogen-bond acceptors (Lipinski definition) is 3. The Labute approximate surface area is 82.8 Å². The van der Waals surface area contributed by atoms with Crippen molar-refractivity contribution in [3.05, 3.63) is 21.9 Å². The molecular weight excluding hydrogens is 182 g/mol. The Hall–Kier alpha value is -0.380. The van der Waals surface area contributed by atoms with Gasteiger partial charge in [0.25, 0.3) is 0 Å². The molecule has 1 aromatic heterocycles. The van der Waals surface area contributed by atoms with Crippen LogP contribution in [0.2, 0.25) is 0 Å². The molecule has 13 heavy (non-hydrogen) atoms. The summed E-state index contributed by atoms with van der Waals surface area (Å²) in [6, 6.07) is 4.34. The van der Waals surface area contributed by atoms with E-state index in [0.29, 0.717) is 0 Å². The van der Waals surface area contributed by atoms with E-state index in [0.717, 1.165) is 26.1 Å². The quantitative estimate of drug-likeness (QED) is 0.779. The van der Waals surface area contributed by atoms with Crippen molar-refractivity contribution in [3.8, 4) is 0 Å². The second-order valence-electron chi connectivity index (χ2n) is 3.69. The standard InChI is InChI=1S/C10H15NOS/c1-8-2-3-10(13-8)7-11-5-4-9(12)6-11/h2-3,9,12H,4-7H2,1H3/t9-/m0/s1. The molecule has 1 atom stereocenters. The fourth-order valence-electron chi connectivity index (χ4n) is 1.75. The van der Waals surface area contributed by atoms with Crippen molar-refractivity contribution in [3.63, 3.8) is 0 Å². The predicted octanol–water partition coefficient (Wildman–Crippen LogP) is 1.62. The highest BCUT2D eigenvalue weighted by atomic mass is 32.1. The molecule has 1 aliphatic rings. The minimum atomic E-state index is -0.0962. The van der Waals surface area contributed by atoms with Gasteiger partial charge in [0, 0.05) is 29.4 Å². The molecular formula is C10H15NOS. The molecule has 0 amide bonds. The fraction of sp³-hybridized carbons (Fsp3) is 0.600. The molecule has 2 heterocycles. The lowest BCUT2D eigenvalue weighted by atomic mass is 10.3. The number of thiophene rings is 1. The van der Waals surface area contributed by atoms with Crippen LogP contribution in [-0.2, 0) is 6.54 Å². The monoisotopic (exact) mass is 197 g/mol. The maximum absolute atomic E-state index is 9.34.